The molecule has 4 unspecified atom stereocenters. The summed E-state index contributed by atoms with van der Waals surface area (Å²) in [4.78, 5) is 17.8. The van der Waals surface area contributed by atoms with Gasteiger partial charge in [-0.1, -0.05) is 313 Å². The van der Waals surface area contributed by atoms with Crippen LogP contribution >= 0.6 is 19.0 Å². The molecule has 0 spiro atoms. The Morgan fingerprint density at radius 3 is 1.21 bits per heavy atom. The van der Waals surface area contributed by atoms with Crippen LogP contribution in [0.4, 0.5) is 17.1 Å². The van der Waals surface area contributed by atoms with Gasteiger partial charge in [0.15, 0.2) is 0 Å². The Labute approximate surface area is 811 Å². The number of benzene rings is 12. The monoisotopic (exact) mass is 1890 g/mol. The van der Waals surface area contributed by atoms with Gasteiger partial charge in [0.2, 0.25) is 0 Å². The van der Waals surface area contributed by atoms with Crippen LogP contribution in [0.3, 0.4) is 0 Å². The van der Waals surface area contributed by atoms with Crippen molar-refractivity contribution >= 4 is 76.5 Å². The van der Waals surface area contributed by atoms with Crippen molar-refractivity contribution in [1.82, 2.24) is 19.5 Å². The van der Waals surface area contributed by atoms with E-state index in [0.29, 0.717) is 24.4 Å². The molecule has 1 aliphatic rings. The zero-order valence-electron chi connectivity index (χ0n) is 69.9. The topological polar surface area (TPSA) is 95.6 Å². The SMILES string of the molecule is C.C.C.C.CC(C)(C)c1ccc(C2=CCC(c3ccc(-c4ccccc4)cc3)=C2)cc1.CC(c1ccc(CN=[N+]=[N-])cc1)C(C)c1ccc(N(c2ccccc2)c2ccccc2)cc1.CCC(C)n1c2ccccc2c2ccccc21.[2H]P[B].[Ir+3].[K+].[PH2-].[V].[c-]1ccccc1-c1ccccn1.[c-]1ccccc1-c1ccccn1.[c-]1ccccc1-c1ccccn1. The molecule has 0 fully saturated rings. The molecule has 0 bridgehead atoms. The Morgan fingerprint density at radius 1 is 0.472 bits per heavy atom. The Bertz CT molecular complexity index is 5310. The van der Waals surface area contributed by atoms with Gasteiger partial charge >= 0.3 is 71.5 Å². The Kier molecular flexibility index (Phi) is 48.9. The van der Waals surface area contributed by atoms with E-state index in [4.69, 9.17) is 6.81 Å². The van der Waals surface area contributed by atoms with E-state index in [-0.39, 0.29) is 144 Å². The molecule has 0 amide bonds. The third kappa shape index (κ3) is 31.2. The average Bonchev–Trinajstić information content (AvgIpc) is 1.60. The van der Waals surface area contributed by atoms with Gasteiger partial charge in [0.25, 0.3) is 0 Å². The zero-order chi connectivity index (χ0) is 81.1. The molecular formula is C109H115BIrKN8P2V. The minimum absolute atomic E-state index is 0. The van der Waals surface area contributed by atoms with E-state index < -0.39 is 0 Å². The van der Waals surface area contributed by atoms with Gasteiger partial charge in [-0.25, -0.2) is 0 Å². The first-order chi connectivity index (χ1) is 56.8. The second-order valence-corrected chi connectivity index (χ2v) is 28.7. The van der Waals surface area contributed by atoms with Crippen LogP contribution < -0.4 is 56.3 Å². The van der Waals surface area contributed by atoms with Crippen molar-refractivity contribution < 1.29 is 90.0 Å². The molecule has 17 rings (SSSR count). The van der Waals surface area contributed by atoms with Gasteiger partial charge in [0.05, 0.1) is 14.1 Å². The molecule has 0 saturated heterocycles. The maximum Gasteiger partial charge on any atom is 3.00 e. The van der Waals surface area contributed by atoms with Crippen LogP contribution in [0.15, 0.2) is 400 Å². The van der Waals surface area contributed by atoms with Crippen molar-refractivity contribution in [1.29, 1.82) is 1.28 Å². The molecular weight excluding hydrogens is 1780 g/mol. The quantitative estimate of drug-likeness (QED) is 0.0240. The second kappa shape index (κ2) is 56.9. The van der Waals surface area contributed by atoms with Crippen LogP contribution in [0, 0.1) is 18.2 Å². The van der Waals surface area contributed by atoms with Gasteiger partial charge in [-0.05, 0) is 182 Å². The standard InChI is InChI=1S/C29H28N4.C27H26.C16H17N.3C11H8N.4CH4.BH2P.Ir.K.H2P.V/c1-22(25-15-13-24(14-16-25)21-31-32-30)23(2)26-17-19-29(20-18-26)33(27-9-5-3-6-10-27)28-11-7-4-8-12-28;1-27(2,3)26-17-15-23(16-18-26)25-14-13-24(19-25)22-11-9-21(10-12-22)20-7-5-4-6-8-20;1-3-12(2)17-15-10-6-4-8-13(15)14-9-5-7-11-16(14)17;3*1-2-6-10(7-3-1)11-8-4-5-9-12-11;;;;;1-2;;;;/h3-20,22-23H,21H2,1-2H3;4-12,14-19H,13H2,1-3H3;4-12H,3H2,1-2H3;3*1-6,8-9H;4*1H4;2H2;;;1H2;/q;;;3*-1;;;;;;+3;+1;-1;/i;;;;;;;;;;2D;;;;. The van der Waals surface area contributed by atoms with Crippen LogP contribution in [-0.4, -0.2) is 28.4 Å². The fourth-order valence-electron chi connectivity index (χ4n) is 13.6. The van der Waals surface area contributed by atoms with E-state index in [2.05, 4.69) is 333 Å². The predicted molar refractivity (Wildman–Crippen MR) is 527 cm³/mol. The Morgan fingerprint density at radius 2 is 0.829 bits per heavy atom. The number of pyridine rings is 3. The largest absolute Gasteiger partial charge is 3.00 e. The third-order valence-corrected chi connectivity index (χ3v) is 20.2. The molecule has 1 aliphatic carbocycles. The van der Waals surface area contributed by atoms with Crippen LogP contribution in [0.2, 0.25) is 0 Å². The van der Waals surface area contributed by atoms with E-state index in [1.54, 1.807) is 18.6 Å². The molecule has 619 valence electrons. The zero-order valence-corrected chi connectivity index (χ0v) is 78.0. The average molecular weight is 1890 g/mol. The number of fused-ring (bicyclic) bond motifs is 3. The molecule has 123 heavy (non-hydrogen) atoms. The van der Waals surface area contributed by atoms with Crippen molar-refractivity contribution in [2.24, 2.45) is 5.11 Å². The summed E-state index contributed by atoms with van der Waals surface area (Å²) >= 11 is 0. The molecule has 3 radical (unpaired) electrons. The van der Waals surface area contributed by atoms with E-state index in [1.807, 2.05) is 152 Å². The summed E-state index contributed by atoms with van der Waals surface area (Å²) in [7, 11) is 4.38. The molecule has 16 aromatic rings. The summed E-state index contributed by atoms with van der Waals surface area (Å²) in [5.41, 5.74) is 33.7. The number of azide groups is 1. The third-order valence-electron chi connectivity index (χ3n) is 20.2. The molecule has 8 nitrogen and oxygen atoms in total. The number of allylic oxidation sites excluding steroid dienone is 4. The maximum atomic E-state index is 8.51. The van der Waals surface area contributed by atoms with Crippen molar-refractivity contribution in [3.8, 4) is 44.9 Å². The molecule has 12 aromatic carbocycles. The van der Waals surface area contributed by atoms with Gasteiger partial charge in [-0.2, -0.15) is 9.06 Å². The van der Waals surface area contributed by atoms with Crippen LogP contribution in [0.1, 0.15) is 142 Å². The van der Waals surface area contributed by atoms with Crippen molar-refractivity contribution in [3.63, 3.8) is 0 Å². The second-order valence-electron chi connectivity index (χ2n) is 28.7. The van der Waals surface area contributed by atoms with E-state index >= 15 is 0 Å². The molecule has 0 N–H and O–H groups in total. The van der Waals surface area contributed by atoms with Crippen LogP contribution in [-0.2, 0) is 50.6 Å². The van der Waals surface area contributed by atoms with E-state index in [1.165, 1.54) is 71.9 Å². The smallest absolute Gasteiger partial charge is 0.577 e. The van der Waals surface area contributed by atoms with Gasteiger partial charge < -0.3 is 34.3 Å². The summed E-state index contributed by atoms with van der Waals surface area (Å²) in [5, 5.41) is 6.37. The summed E-state index contributed by atoms with van der Waals surface area (Å²) in [6, 6.07) is 135. The Balaban J connectivity index is 0.000000393. The summed E-state index contributed by atoms with van der Waals surface area (Å²) in [6.07, 6.45) is 12.2. The Hall–Kier alpha value is -9.72. The summed E-state index contributed by atoms with van der Waals surface area (Å²) < 4.78 is 8.48. The van der Waals surface area contributed by atoms with Gasteiger partial charge in [0.1, 0.15) is 0 Å². The first-order valence-corrected chi connectivity index (χ1v) is 39.7. The minimum Gasteiger partial charge on any atom is -0.577 e. The number of hydrogen-bond donors (Lipinski definition) is 0. The van der Waals surface area contributed by atoms with Gasteiger partial charge in [-0.15, -0.1) is 108 Å². The normalized spacial score (nSPS) is 11.3. The summed E-state index contributed by atoms with van der Waals surface area (Å²) in [6.45, 7) is 16.2. The number of rotatable bonds is 16. The van der Waals surface area contributed by atoms with Crippen molar-refractivity contribution in [3.05, 3.63) is 457 Å². The number of aromatic nitrogens is 4. The fourth-order valence-corrected chi connectivity index (χ4v) is 13.6. The van der Waals surface area contributed by atoms with E-state index in [9.17, 15) is 0 Å². The molecule has 4 aromatic heterocycles. The molecule has 0 aliphatic heterocycles. The molecule has 0 saturated carbocycles. The van der Waals surface area contributed by atoms with Crippen LogP contribution in [0.25, 0.3) is 88.3 Å². The minimum atomic E-state index is -0.167. The predicted octanol–water partition coefficient (Wildman–Crippen LogP) is 28.6. The number of hydrogen-bond acceptors (Lipinski definition) is 5. The number of anilines is 3. The first kappa shape index (κ1) is 106. The van der Waals surface area contributed by atoms with Crippen LogP contribution in [0.5, 0.6) is 0 Å². The van der Waals surface area contributed by atoms with Crippen molar-refractivity contribution in [2.75, 3.05) is 4.90 Å². The molecule has 4 heterocycles. The van der Waals surface area contributed by atoms with Gasteiger partial charge in [-0.3, -0.25) is 0 Å². The fraction of sp³-hybridized carbons (Fsp3) is 0.165. The summed E-state index contributed by atoms with van der Waals surface area (Å²) in [5.74, 6) is 0.729. The molecule has 14 heteroatoms. The van der Waals surface area contributed by atoms with Crippen molar-refractivity contribution in [2.45, 2.75) is 121 Å². The van der Waals surface area contributed by atoms with Gasteiger partial charge in [0, 0.05) is 88.2 Å². The number of nitrogens with zero attached hydrogens (tertiary/aromatic N) is 8. The molecule has 4 atom stereocenters. The number of para-hydroxylation sites is 4. The first-order valence-electron chi connectivity index (χ1n) is 39.6. The maximum absolute atomic E-state index is 8.51. The van der Waals surface area contributed by atoms with E-state index in [0.717, 1.165) is 69.2 Å².